The van der Waals surface area contributed by atoms with E-state index in [2.05, 4.69) is 31.2 Å². The Balaban J connectivity index is 1.51. The Bertz CT molecular complexity index is 558. The Morgan fingerprint density at radius 1 is 1.26 bits per heavy atom. The van der Waals surface area contributed by atoms with Crippen molar-refractivity contribution < 1.29 is 9.53 Å². The van der Waals surface area contributed by atoms with Gasteiger partial charge in [0, 0.05) is 19.1 Å². The minimum atomic E-state index is -0.431. The van der Waals surface area contributed by atoms with Gasteiger partial charge >= 0.3 is 6.09 Å². The van der Waals surface area contributed by atoms with Crippen molar-refractivity contribution in [1.29, 1.82) is 0 Å². The zero-order valence-corrected chi connectivity index (χ0v) is 15.3. The van der Waals surface area contributed by atoms with Crippen LogP contribution >= 0.6 is 15.9 Å². The maximum Gasteiger partial charge on any atom is 0.410 e. The number of nitrogens with one attached hydrogen (secondary N) is 1. The lowest BCUT2D eigenvalue weighted by molar-refractivity contribution is 0.0280. The highest BCUT2D eigenvalue weighted by molar-refractivity contribution is 9.10. The molecule has 23 heavy (non-hydrogen) atoms. The van der Waals surface area contributed by atoms with Gasteiger partial charge in [-0.3, -0.25) is 0 Å². The number of rotatable bonds is 2. The average Bonchev–Trinajstić information content (AvgIpc) is 2.97. The Kier molecular flexibility index (Phi) is 4.49. The van der Waals surface area contributed by atoms with Gasteiger partial charge in [0.25, 0.3) is 0 Å². The highest BCUT2D eigenvalue weighted by atomic mass is 79.9. The Morgan fingerprint density at radius 3 is 2.43 bits per heavy atom. The molecule has 1 N–H and O–H groups in total. The molecule has 0 spiro atoms. The van der Waals surface area contributed by atoms with Crippen molar-refractivity contribution in [2.24, 2.45) is 11.8 Å². The van der Waals surface area contributed by atoms with Gasteiger partial charge in [-0.05, 0) is 61.4 Å². The lowest BCUT2D eigenvalue weighted by atomic mass is 10.0. The number of anilines is 1. The van der Waals surface area contributed by atoms with Gasteiger partial charge in [0.2, 0.25) is 0 Å². The van der Waals surface area contributed by atoms with Crippen LogP contribution in [0, 0.1) is 11.8 Å². The van der Waals surface area contributed by atoms with Crippen LogP contribution in [0.15, 0.2) is 17.0 Å². The number of hydrogen-bond acceptors (Lipinski definition) is 5. The summed E-state index contributed by atoms with van der Waals surface area (Å²) >= 11 is 3.29. The summed E-state index contributed by atoms with van der Waals surface area (Å²) in [6.45, 7) is 7.30. The quantitative estimate of drug-likeness (QED) is 0.849. The number of amides is 1. The van der Waals surface area contributed by atoms with E-state index >= 15 is 0 Å². The van der Waals surface area contributed by atoms with E-state index in [0.717, 1.165) is 36.4 Å². The first-order chi connectivity index (χ1) is 10.8. The van der Waals surface area contributed by atoms with E-state index in [1.54, 1.807) is 12.4 Å². The van der Waals surface area contributed by atoms with Crippen LogP contribution in [0.5, 0.6) is 0 Å². The fraction of sp³-hybridized carbons (Fsp3) is 0.688. The molecular weight excluding hydrogens is 360 g/mol. The van der Waals surface area contributed by atoms with Gasteiger partial charge in [0.15, 0.2) is 0 Å². The number of hydrogen-bond donors (Lipinski definition) is 1. The molecule has 2 aliphatic rings. The molecular formula is C16H23BrN4O2. The van der Waals surface area contributed by atoms with Crippen LogP contribution in [0.2, 0.25) is 0 Å². The summed E-state index contributed by atoms with van der Waals surface area (Å²) in [5, 5.41) is 3.45. The Hall–Kier alpha value is -1.37. The normalized spacial score (nSPS) is 27.0. The molecule has 7 heteroatoms. The van der Waals surface area contributed by atoms with Gasteiger partial charge in [-0.1, -0.05) is 0 Å². The molecule has 0 aromatic carbocycles. The van der Waals surface area contributed by atoms with Crippen molar-refractivity contribution in [2.75, 3.05) is 18.4 Å². The molecule has 6 nitrogen and oxygen atoms in total. The van der Waals surface area contributed by atoms with Gasteiger partial charge in [-0.25, -0.2) is 14.8 Å². The van der Waals surface area contributed by atoms with Crippen molar-refractivity contribution in [2.45, 2.75) is 45.3 Å². The zero-order chi connectivity index (χ0) is 16.6. The third-order valence-corrected chi connectivity index (χ3v) is 4.78. The van der Waals surface area contributed by atoms with Gasteiger partial charge in [0.05, 0.1) is 12.4 Å². The molecule has 1 amide bonds. The smallest absolute Gasteiger partial charge is 0.410 e. The lowest BCUT2D eigenvalue weighted by Crippen LogP contribution is -2.36. The number of carbonyl (C=O) groups excluding carboxylic acids is 1. The van der Waals surface area contributed by atoms with E-state index in [0.29, 0.717) is 17.9 Å². The molecule has 0 radical (unpaired) electrons. The van der Waals surface area contributed by atoms with E-state index in [1.165, 1.54) is 0 Å². The molecule has 3 rings (SSSR count). The standard InChI is InChI=1S/C16H23BrN4O2/c1-16(2,3)23-15(22)21-8-10-4-12(5-11(10)9-21)20-14-7-18-13(17)6-19-14/h6-7,10-12H,4-5,8-9H2,1-3H3,(H,19,20)/t10-,11+,12?. The maximum absolute atomic E-state index is 12.2. The van der Waals surface area contributed by atoms with Crippen molar-refractivity contribution in [3.05, 3.63) is 17.0 Å². The summed E-state index contributed by atoms with van der Waals surface area (Å²) < 4.78 is 6.20. The van der Waals surface area contributed by atoms with Crippen molar-refractivity contribution in [3.8, 4) is 0 Å². The van der Waals surface area contributed by atoms with Gasteiger partial charge in [-0.2, -0.15) is 0 Å². The minimum Gasteiger partial charge on any atom is -0.444 e. The van der Waals surface area contributed by atoms with Crippen molar-refractivity contribution in [3.63, 3.8) is 0 Å². The minimum absolute atomic E-state index is 0.185. The molecule has 2 fully saturated rings. The largest absolute Gasteiger partial charge is 0.444 e. The summed E-state index contributed by atoms with van der Waals surface area (Å²) in [5.41, 5.74) is -0.431. The second-order valence-electron chi connectivity index (χ2n) is 7.44. The fourth-order valence-electron chi connectivity index (χ4n) is 3.49. The summed E-state index contributed by atoms with van der Waals surface area (Å²) in [6, 6.07) is 0.404. The second-order valence-corrected chi connectivity index (χ2v) is 8.25. The summed E-state index contributed by atoms with van der Waals surface area (Å²) in [7, 11) is 0. The number of nitrogens with zero attached hydrogens (tertiary/aromatic N) is 3. The predicted molar refractivity (Wildman–Crippen MR) is 91.2 cm³/mol. The van der Waals surface area contributed by atoms with E-state index in [9.17, 15) is 4.79 Å². The lowest BCUT2D eigenvalue weighted by Gasteiger charge is -2.25. The van der Waals surface area contributed by atoms with E-state index in [-0.39, 0.29) is 6.09 Å². The molecule has 3 atom stereocenters. The van der Waals surface area contributed by atoms with Crippen molar-refractivity contribution in [1.82, 2.24) is 14.9 Å². The summed E-state index contributed by atoms with van der Waals surface area (Å²) in [6.07, 6.45) is 5.37. The molecule has 1 aliphatic heterocycles. The van der Waals surface area contributed by atoms with Crippen LogP contribution in [-0.4, -0.2) is 45.7 Å². The number of likely N-dealkylation sites (tertiary alicyclic amines) is 1. The Morgan fingerprint density at radius 2 is 1.91 bits per heavy atom. The molecule has 1 saturated carbocycles. The molecule has 1 saturated heterocycles. The number of ether oxygens (including phenoxy) is 1. The van der Waals surface area contributed by atoms with Crippen molar-refractivity contribution >= 4 is 27.8 Å². The summed E-state index contributed by atoms with van der Waals surface area (Å²) in [4.78, 5) is 22.5. The molecule has 1 unspecified atom stereocenters. The van der Waals surface area contributed by atoms with Gasteiger partial charge < -0.3 is 15.0 Å². The van der Waals surface area contributed by atoms with E-state index < -0.39 is 5.60 Å². The monoisotopic (exact) mass is 382 g/mol. The molecule has 1 aromatic heterocycles. The van der Waals surface area contributed by atoms with Crippen LogP contribution in [0.3, 0.4) is 0 Å². The van der Waals surface area contributed by atoms with Crippen LogP contribution in [-0.2, 0) is 4.74 Å². The first-order valence-electron chi connectivity index (χ1n) is 8.02. The van der Waals surface area contributed by atoms with Crippen LogP contribution in [0.25, 0.3) is 0 Å². The molecule has 2 heterocycles. The third-order valence-electron chi connectivity index (χ3n) is 4.38. The first-order valence-corrected chi connectivity index (χ1v) is 8.81. The SMILES string of the molecule is CC(C)(C)OC(=O)N1C[C@H]2CC(Nc3cnc(Br)cn3)C[C@H]2C1. The molecule has 126 valence electrons. The highest BCUT2D eigenvalue weighted by Gasteiger charge is 2.43. The Labute approximate surface area is 145 Å². The van der Waals surface area contributed by atoms with Crippen LogP contribution < -0.4 is 5.32 Å². The van der Waals surface area contributed by atoms with E-state index in [4.69, 9.17) is 4.74 Å². The molecule has 0 bridgehead atoms. The molecule has 1 aromatic rings. The first kappa shape index (κ1) is 16.5. The fourth-order valence-corrected chi connectivity index (χ4v) is 3.69. The molecule has 1 aliphatic carbocycles. The van der Waals surface area contributed by atoms with Crippen LogP contribution in [0.4, 0.5) is 10.6 Å². The number of carbonyl (C=O) groups is 1. The summed E-state index contributed by atoms with van der Waals surface area (Å²) in [5.74, 6) is 1.90. The highest BCUT2D eigenvalue weighted by Crippen LogP contribution is 2.39. The maximum atomic E-state index is 12.2. The van der Waals surface area contributed by atoms with E-state index in [1.807, 2.05) is 25.7 Å². The third kappa shape index (κ3) is 4.13. The van der Waals surface area contributed by atoms with Crippen LogP contribution in [0.1, 0.15) is 33.6 Å². The topological polar surface area (TPSA) is 67.3 Å². The number of halogens is 1. The number of aromatic nitrogens is 2. The van der Waals surface area contributed by atoms with Gasteiger partial charge in [-0.15, -0.1) is 0 Å². The zero-order valence-electron chi connectivity index (χ0n) is 13.8. The average molecular weight is 383 g/mol. The number of fused-ring (bicyclic) bond motifs is 1. The predicted octanol–water partition coefficient (Wildman–Crippen LogP) is 3.30. The second kappa shape index (κ2) is 6.26. The van der Waals surface area contributed by atoms with Gasteiger partial charge in [0.1, 0.15) is 16.0 Å².